The fourth-order valence-electron chi connectivity index (χ4n) is 10.8. The van der Waals surface area contributed by atoms with Crippen molar-refractivity contribution in [3.63, 3.8) is 0 Å². The van der Waals surface area contributed by atoms with Gasteiger partial charge in [0.2, 0.25) is 11.7 Å². The summed E-state index contributed by atoms with van der Waals surface area (Å²) in [5, 5.41) is 34.6. The Bertz CT molecular complexity index is 2040. The lowest BCUT2D eigenvalue weighted by Crippen LogP contribution is -2.70. The fourth-order valence-corrected chi connectivity index (χ4v) is 10.8. The van der Waals surface area contributed by atoms with Gasteiger partial charge >= 0.3 is 0 Å². The first kappa shape index (κ1) is 48.3. The van der Waals surface area contributed by atoms with Crippen molar-refractivity contribution in [2.75, 3.05) is 46.2 Å². The van der Waals surface area contributed by atoms with Crippen LogP contribution in [0.3, 0.4) is 0 Å². The van der Waals surface area contributed by atoms with E-state index in [1.165, 1.54) is 18.9 Å². The maximum atomic E-state index is 15.0. The molecule has 2 fully saturated rings. The van der Waals surface area contributed by atoms with Crippen LogP contribution in [0.5, 0.6) is 11.5 Å². The van der Waals surface area contributed by atoms with E-state index in [-0.39, 0.29) is 95.3 Å². The van der Waals surface area contributed by atoms with Crippen molar-refractivity contribution < 1.29 is 48.3 Å². The maximum absolute atomic E-state index is 15.0. The van der Waals surface area contributed by atoms with Crippen LogP contribution in [0.1, 0.15) is 106 Å². The minimum Gasteiger partial charge on any atom is -0.489 e. The minimum absolute atomic E-state index is 0.0203. The molecule has 7 rings (SSSR count). The molecule has 6 atom stereocenters. The number of carbonyl (C=O) groups is 1. The van der Waals surface area contributed by atoms with Gasteiger partial charge < -0.3 is 44.0 Å². The highest BCUT2D eigenvalue weighted by atomic mass is 19.1. The highest BCUT2D eigenvalue weighted by Crippen LogP contribution is 2.62. The zero-order chi connectivity index (χ0) is 45.4. The number of oxime groups is 1. The molecule has 0 radical (unpaired) electrons. The molecule has 0 spiro atoms. The van der Waals surface area contributed by atoms with Crippen molar-refractivity contribution in [1.82, 2.24) is 4.90 Å². The zero-order valence-corrected chi connectivity index (χ0v) is 37.9. The van der Waals surface area contributed by atoms with Crippen LogP contribution < -0.4 is 9.47 Å². The summed E-state index contributed by atoms with van der Waals surface area (Å²) < 4.78 is 41.6. The number of aliphatic hydroxyl groups is 3. The number of benzene rings is 3. The van der Waals surface area contributed by atoms with E-state index in [1.54, 1.807) is 24.3 Å². The summed E-state index contributed by atoms with van der Waals surface area (Å²) in [6.45, 7) is 5.11. The second-order valence-corrected chi connectivity index (χ2v) is 18.0. The molecule has 352 valence electrons. The molecule has 4 aliphatic rings. The third-order valence-corrected chi connectivity index (χ3v) is 13.9. The number of rotatable bonds is 26. The second kappa shape index (κ2) is 24.3. The van der Waals surface area contributed by atoms with Gasteiger partial charge in [0.25, 0.3) is 0 Å². The number of hydrogen-bond donors (Lipinski definition) is 3. The number of hydrogen-bond acceptors (Lipinski definition) is 10. The number of carbonyl (C=O) groups excluding carboxylic acids is 1. The number of aliphatic hydroxyl groups excluding tert-OH is 3. The van der Waals surface area contributed by atoms with Gasteiger partial charge in [0.1, 0.15) is 36.6 Å². The van der Waals surface area contributed by atoms with Crippen LogP contribution in [-0.2, 0) is 32.3 Å². The van der Waals surface area contributed by atoms with Crippen molar-refractivity contribution in [3.05, 3.63) is 120 Å². The zero-order valence-electron chi connectivity index (χ0n) is 37.9. The van der Waals surface area contributed by atoms with Crippen LogP contribution in [0.4, 0.5) is 4.39 Å². The lowest BCUT2D eigenvalue weighted by Gasteiger charge is -2.60. The summed E-state index contributed by atoms with van der Waals surface area (Å²) in [4.78, 5) is 23.1. The summed E-state index contributed by atoms with van der Waals surface area (Å²) in [5.74, 6) is -0.777. The molecule has 0 aromatic heterocycles. The van der Waals surface area contributed by atoms with E-state index in [9.17, 15) is 24.5 Å². The van der Waals surface area contributed by atoms with E-state index in [4.69, 9.17) is 28.9 Å². The average molecular weight is 897 g/mol. The van der Waals surface area contributed by atoms with Crippen LogP contribution in [0, 0.1) is 29.5 Å². The molecule has 0 saturated heterocycles. The monoisotopic (exact) mass is 896 g/mol. The van der Waals surface area contributed by atoms with Crippen molar-refractivity contribution in [2.45, 2.75) is 114 Å². The van der Waals surface area contributed by atoms with E-state index in [0.717, 1.165) is 61.6 Å². The van der Waals surface area contributed by atoms with Gasteiger partial charge in [0.15, 0.2) is 0 Å². The molecular weight excluding hydrogens is 828 g/mol. The molecule has 0 bridgehead atoms. The van der Waals surface area contributed by atoms with Gasteiger partial charge in [-0.2, -0.15) is 0 Å². The first-order valence-electron chi connectivity index (χ1n) is 24.0. The van der Waals surface area contributed by atoms with E-state index in [1.807, 2.05) is 53.4 Å². The largest absolute Gasteiger partial charge is 0.489 e. The lowest BCUT2D eigenvalue weighted by molar-refractivity contribution is -0.258. The number of allylic oxidation sites excluding steroid dienone is 1. The van der Waals surface area contributed by atoms with Crippen LogP contribution in [-0.4, -0.2) is 89.9 Å². The third kappa shape index (κ3) is 11.9. The number of ether oxygens (including phenoxy) is 4. The molecule has 65 heavy (non-hydrogen) atoms. The van der Waals surface area contributed by atoms with Gasteiger partial charge in [-0.15, -0.1) is 6.58 Å². The van der Waals surface area contributed by atoms with Crippen molar-refractivity contribution >= 4 is 11.6 Å². The molecule has 1 aliphatic heterocycles. The summed E-state index contributed by atoms with van der Waals surface area (Å²) >= 11 is 0. The lowest BCUT2D eigenvalue weighted by atomic mass is 9.55. The Kier molecular flexibility index (Phi) is 18.0. The molecule has 3 N–H and O–H groups in total. The first-order valence-corrected chi connectivity index (χ1v) is 24.0. The SMILES string of the molecule is C=CCO[C@@]12Oc3ccc(OCc4ccccc4F)cc3[C@H]3[C@H](CCCCO)[C@@H](CCCCO)C=C(C(=NOCc4ccccc4)C[C@@H]1N(CCOCCO)C(=O)CCC1CCCC1)[C@H]32. The molecule has 1 heterocycles. The van der Waals surface area contributed by atoms with Gasteiger partial charge in [-0.3, -0.25) is 4.79 Å². The van der Waals surface area contributed by atoms with Crippen LogP contribution in [0.15, 0.2) is 102 Å². The predicted molar refractivity (Wildman–Crippen MR) is 248 cm³/mol. The Hall–Kier alpha value is -4.59. The smallest absolute Gasteiger partial charge is 0.239 e. The Labute approximate surface area is 384 Å². The van der Waals surface area contributed by atoms with Gasteiger partial charge in [-0.25, -0.2) is 4.39 Å². The Morgan fingerprint density at radius 1 is 0.908 bits per heavy atom. The molecule has 2 saturated carbocycles. The van der Waals surface area contributed by atoms with E-state index in [0.29, 0.717) is 48.0 Å². The Morgan fingerprint density at radius 3 is 2.43 bits per heavy atom. The molecule has 1 amide bonds. The topological polar surface area (TPSA) is 140 Å². The van der Waals surface area contributed by atoms with E-state index in [2.05, 4.69) is 12.7 Å². The van der Waals surface area contributed by atoms with E-state index < -0.39 is 17.7 Å². The number of fused-ring (bicyclic) bond motifs is 2. The third-order valence-electron chi connectivity index (χ3n) is 13.9. The molecule has 12 heteroatoms. The summed E-state index contributed by atoms with van der Waals surface area (Å²) in [7, 11) is 0. The van der Waals surface area contributed by atoms with Crippen LogP contribution >= 0.6 is 0 Å². The molecule has 3 aromatic carbocycles. The average Bonchev–Trinajstić information content (AvgIpc) is 3.86. The molecule has 0 unspecified atom stereocenters. The summed E-state index contributed by atoms with van der Waals surface area (Å²) in [5.41, 5.74) is 3.98. The number of halogens is 1. The standard InChI is InChI=1S/C53H69FN2O9/c1-2-30-63-53-49(56(26-31-61-32-29-59)50(60)25-22-38-14-6-7-15-38)35-47(55-64-36-39-16-4-3-5-17-39)44-33-40(18-10-12-27-57)43(20-11-13-28-58)51(52(44)53)45-34-42(23-24-48(45)65-53)62-37-41-19-8-9-21-46(41)54/h2-5,8-9,16-17,19,21,23-24,33-34,38,40,43,49,51-52,57-59H,1,6-7,10-15,18,20,22,25-32,35-37H2/t40-,43+,49-,51+,52+,53+/m0/s1. The van der Waals surface area contributed by atoms with Crippen LogP contribution in [0.25, 0.3) is 0 Å². The minimum atomic E-state index is -1.42. The van der Waals surface area contributed by atoms with Crippen molar-refractivity contribution in [3.8, 4) is 11.5 Å². The van der Waals surface area contributed by atoms with Crippen molar-refractivity contribution in [1.29, 1.82) is 0 Å². The normalized spacial score (nSPS) is 24.2. The highest BCUT2D eigenvalue weighted by molar-refractivity contribution is 6.03. The summed E-state index contributed by atoms with van der Waals surface area (Å²) in [6.07, 6.45) is 14.6. The number of unbranched alkanes of at least 4 members (excludes halogenated alkanes) is 2. The Balaban J connectivity index is 1.39. The van der Waals surface area contributed by atoms with E-state index >= 15 is 0 Å². The molecule has 3 aromatic rings. The predicted octanol–water partition coefficient (Wildman–Crippen LogP) is 9.05. The van der Waals surface area contributed by atoms with Gasteiger partial charge in [-0.1, -0.05) is 104 Å². The Morgan fingerprint density at radius 2 is 1.68 bits per heavy atom. The van der Waals surface area contributed by atoms with Crippen LogP contribution in [0.2, 0.25) is 0 Å². The quantitative estimate of drug-likeness (QED) is 0.0409. The maximum Gasteiger partial charge on any atom is 0.239 e. The van der Waals surface area contributed by atoms with Crippen molar-refractivity contribution in [2.24, 2.45) is 28.8 Å². The highest BCUT2D eigenvalue weighted by Gasteiger charge is 2.65. The summed E-state index contributed by atoms with van der Waals surface area (Å²) in [6, 6.07) is 21.6. The number of nitrogens with zero attached hydrogens (tertiary/aromatic N) is 2. The second-order valence-electron chi connectivity index (χ2n) is 18.0. The van der Waals surface area contributed by atoms with Gasteiger partial charge in [0, 0.05) is 49.6 Å². The molecule has 3 aliphatic carbocycles. The fraction of sp³-hybridized carbons (Fsp3) is 0.547. The molecule has 11 nitrogen and oxygen atoms in total. The number of amides is 1. The van der Waals surface area contributed by atoms with Gasteiger partial charge in [0.05, 0.1) is 38.1 Å². The molecular formula is C53H69FN2O9. The first-order chi connectivity index (χ1) is 31.9. The van der Waals surface area contributed by atoms with Gasteiger partial charge in [-0.05, 0) is 85.3 Å².